The molecule has 0 saturated carbocycles. The van der Waals surface area contributed by atoms with Crippen LogP contribution in [0.5, 0.6) is 5.75 Å². The average Bonchev–Trinajstić information content (AvgIpc) is 2.76. The predicted octanol–water partition coefficient (Wildman–Crippen LogP) is 3.32. The normalized spacial score (nSPS) is 10.8. The van der Waals surface area contributed by atoms with Gasteiger partial charge in [-0.15, -0.1) is 0 Å². The molecule has 0 unspecified atom stereocenters. The van der Waals surface area contributed by atoms with Gasteiger partial charge < -0.3 is 24.5 Å². The van der Waals surface area contributed by atoms with E-state index in [2.05, 4.69) is 9.44 Å². The van der Waals surface area contributed by atoms with Crippen LogP contribution in [0.4, 0.5) is 10.5 Å². The van der Waals surface area contributed by atoms with E-state index in [-0.39, 0.29) is 29.2 Å². The molecule has 2 amide bonds. The zero-order chi connectivity index (χ0) is 24.1. The molecule has 0 fully saturated rings. The van der Waals surface area contributed by atoms with Crippen LogP contribution in [-0.4, -0.2) is 38.0 Å². The fourth-order valence-corrected chi connectivity index (χ4v) is 3.73. The second-order valence-corrected chi connectivity index (χ2v) is 8.54. The van der Waals surface area contributed by atoms with Crippen molar-refractivity contribution in [2.75, 3.05) is 25.9 Å². The van der Waals surface area contributed by atoms with Crippen molar-refractivity contribution in [2.45, 2.75) is 12.8 Å². The van der Waals surface area contributed by atoms with Crippen molar-refractivity contribution < 1.29 is 18.7 Å². The Morgan fingerprint density at radius 1 is 1.21 bits per heavy atom. The highest BCUT2D eigenvalue weighted by molar-refractivity contribution is 7.98. The quantitative estimate of drug-likeness (QED) is 0.324. The lowest BCUT2D eigenvalue weighted by Crippen LogP contribution is -2.25. The van der Waals surface area contributed by atoms with Crippen LogP contribution in [0.1, 0.15) is 16.7 Å². The Bertz CT molecular complexity index is 1260. The lowest BCUT2D eigenvalue weighted by atomic mass is 9.96. The summed E-state index contributed by atoms with van der Waals surface area (Å²) in [5, 5.41) is 0.566. The van der Waals surface area contributed by atoms with Gasteiger partial charge in [-0.2, -0.15) is 0 Å². The molecule has 1 heterocycles. The van der Waals surface area contributed by atoms with E-state index in [9.17, 15) is 14.4 Å². The zero-order valence-electron chi connectivity index (χ0n) is 18.2. The Labute approximate surface area is 199 Å². The third-order valence-electron chi connectivity index (χ3n) is 4.66. The molecule has 4 N–H and O–H groups in total. The molecule has 0 saturated heterocycles. The third-order valence-corrected chi connectivity index (χ3v) is 5.50. The molecule has 11 heteroatoms. The molecule has 2 aromatic carbocycles. The highest BCUT2D eigenvalue weighted by Crippen LogP contribution is 2.33. The van der Waals surface area contributed by atoms with Gasteiger partial charge in [0, 0.05) is 55.4 Å². The summed E-state index contributed by atoms with van der Waals surface area (Å²) in [4.78, 5) is 37.9. The van der Waals surface area contributed by atoms with Crippen molar-refractivity contribution in [1.29, 1.82) is 0 Å². The standard InChI is InChI=1S/C22H23ClN4O5S/c1-25-33-26-13-6-4-5-12(7-13)8-16-14(10-20(24)28)15-9-17(23)19(32-22(30)27(2)3)11-18(15)31-21(16)29/h4-7,9,11,25-26H,8,10H2,1-3H3,(H2,24,28). The second-order valence-electron chi connectivity index (χ2n) is 7.32. The molecule has 1 aromatic heterocycles. The Kier molecular flexibility index (Phi) is 7.85. The van der Waals surface area contributed by atoms with Crippen molar-refractivity contribution in [1.82, 2.24) is 9.62 Å². The van der Waals surface area contributed by atoms with E-state index in [4.69, 9.17) is 26.5 Å². The molecule has 0 aliphatic heterocycles. The van der Waals surface area contributed by atoms with Gasteiger partial charge in [-0.3, -0.25) is 4.79 Å². The van der Waals surface area contributed by atoms with Crippen LogP contribution in [0, 0.1) is 0 Å². The highest BCUT2D eigenvalue weighted by atomic mass is 35.5. The van der Waals surface area contributed by atoms with Gasteiger partial charge in [0.05, 0.1) is 11.4 Å². The molecule has 0 aliphatic carbocycles. The number of hydrogen-bond donors (Lipinski definition) is 3. The SMILES string of the molecule is CNSNc1cccc(Cc2c(CC(N)=O)c3cc(Cl)c(OC(=O)N(C)C)cc3oc2=O)c1. The number of benzene rings is 2. The highest BCUT2D eigenvalue weighted by Gasteiger charge is 2.20. The van der Waals surface area contributed by atoms with Crippen molar-refractivity contribution >= 4 is 52.4 Å². The van der Waals surface area contributed by atoms with Gasteiger partial charge in [0.15, 0.2) is 5.75 Å². The van der Waals surface area contributed by atoms with Crippen LogP contribution in [0.15, 0.2) is 45.6 Å². The number of nitrogens with one attached hydrogen (secondary N) is 2. The molecule has 3 rings (SSSR count). The van der Waals surface area contributed by atoms with E-state index in [0.29, 0.717) is 16.5 Å². The van der Waals surface area contributed by atoms with Crippen molar-refractivity contribution in [3.8, 4) is 5.75 Å². The summed E-state index contributed by atoms with van der Waals surface area (Å²) >= 11 is 7.64. The van der Waals surface area contributed by atoms with Crippen molar-refractivity contribution in [2.24, 2.45) is 5.73 Å². The number of rotatable bonds is 8. The maximum absolute atomic E-state index is 12.9. The first-order valence-corrected chi connectivity index (χ1v) is 11.0. The fraction of sp³-hybridized carbons (Fsp3) is 0.227. The molecule has 9 nitrogen and oxygen atoms in total. The van der Waals surface area contributed by atoms with Crippen LogP contribution < -0.4 is 25.5 Å². The minimum Gasteiger partial charge on any atom is -0.422 e. The number of halogens is 1. The number of amides is 2. The average molecular weight is 491 g/mol. The Morgan fingerprint density at radius 2 is 1.97 bits per heavy atom. The summed E-state index contributed by atoms with van der Waals surface area (Å²) in [6.07, 6.45) is -0.606. The fourth-order valence-electron chi connectivity index (χ4n) is 3.18. The van der Waals surface area contributed by atoms with Crippen LogP contribution in [0.2, 0.25) is 5.02 Å². The minimum absolute atomic E-state index is 0.0320. The summed E-state index contributed by atoms with van der Waals surface area (Å²) < 4.78 is 16.8. The Balaban J connectivity index is 2.10. The monoisotopic (exact) mass is 490 g/mol. The van der Waals surface area contributed by atoms with E-state index in [0.717, 1.165) is 11.3 Å². The van der Waals surface area contributed by atoms with Gasteiger partial charge in [0.25, 0.3) is 0 Å². The third kappa shape index (κ3) is 5.98. The molecule has 3 aromatic rings. The predicted molar refractivity (Wildman–Crippen MR) is 130 cm³/mol. The minimum atomic E-state index is -0.641. The number of hydrogen-bond acceptors (Lipinski definition) is 8. The molecule has 0 spiro atoms. The van der Waals surface area contributed by atoms with E-state index in [1.807, 2.05) is 24.3 Å². The van der Waals surface area contributed by atoms with Crippen molar-refractivity contribution in [3.63, 3.8) is 0 Å². The zero-order valence-corrected chi connectivity index (χ0v) is 19.8. The number of ether oxygens (including phenoxy) is 1. The van der Waals surface area contributed by atoms with Gasteiger partial charge >= 0.3 is 11.7 Å². The van der Waals surface area contributed by atoms with Crippen LogP contribution in [0.25, 0.3) is 11.0 Å². The van der Waals surface area contributed by atoms with Crippen LogP contribution in [0.3, 0.4) is 0 Å². The molecule has 0 aliphatic rings. The first-order chi connectivity index (χ1) is 15.7. The number of nitrogens with two attached hydrogens (primary N) is 1. The Hall–Kier alpha value is -3.21. The summed E-state index contributed by atoms with van der Waals surface area (Å²) in [6.45, 7) is 0. The maximum Gasteiger partial charge on any atom is 0.414 e. The summed E-state index contributed by atoms with van der Waals surface area (Å²) in [5.74, 6) is -0.576. The van der Waals surface area contributed by atoms with Gasteiger partial charge in [0.2, 0.25) is 5.91 Å². The number of carbonyl (C=O) groups is 2. The molecule has 33 heavy (non-hydrogen) atoms. The number of nitrogens with zero attached hydrogens (tertiary/aromatic N) is 1. The van der Waals surface area contributed by atoms with Crippen molar-refractivity contribution in [3.05, 3.63) is 68.5 Å². The number of primary amides is 1. The lowest BCUT2D eigenvalue weighted by molar-refractivity contribution is -0.117. The summed E-state index contributed by atoms with van der Waals surface area (Å²) in [7, 11) is 4.84. The van der Waals surface area contributed by atoms with Gasteiger partial charge in [-0.1, -0.05) is 23.7 Å². The Morgan fingerprint density at radius 3 is 2.64 bits per heavy atom. The van der Waals surface area contributed by atoms with Crippen LogP contribution in [-0.2, 0) is 17.6 Å². The molecule has 0 radical (unpaired) electrons. The van der Waals surface area contributed by atoms with E-state index >= 15 is 0 Å². The van der Waals surface area contributed by atoms with Crippen LogP contribution >= 0.6 is 23.7 Å². The molecular formula is C22H23ClN4O5S. The maximum atomic E-state index is 12.9. The molecular weight excluding hydrogens is 468 g/mol. The molecule has 0 bridgehead atoms. The van der Waals surface area contributed by atoms with E-state index in [1.54, 1.807) is 7.05 Å². The smallest absolute Gasteiger partial charge is 0.414 e. The first-order valence-electron chi connectivity index (χ1n) is 9.82. The van der Waals surface area contributed by atoms with Gasteiger partial charge in [0.1, 0.15) is 5.58 Å². The molecule has 174 valence electrons. The topological polar surface area (TPSA) is 127 Å². The number of fused-ring (bicyclic) bond motifs is 1. The van der Waals surface area contributed by atoms with E-state index in [1.165, 1.54) is 43.3 Å². The largest absolute Gasteiger partial charge is 0.422 e. The summed E-state index contributed by atoms with van der Waals surface area (Å²) in [5.41, 5.74) is 7.38. The van der Waals surface area contributed by atoms with Gasteiger partial charge in [-0.05, 0) is 36.4 Å². The number of carbonyl (C=O) groups excluding carboxylic acids is 2. The molecule has 0 atom stereocenters. The second kappa shape index (κ2) is 10.6. The first kappa shape index (κ1) is 24.4. The lowest BCUT2D eigenvalue weighted by Gasteiger charge is -2.15. The number of anilines is 1. The van der Waals surface area contributed by atoms with E-state index < -0.39 is 17.6 Å². The summed E-state index contributed by atoms with van der Waals surface area (Å²) in [6, 6.07) is 10.3. The van der Waals surface area contributed by atoms with Gasteiger partial charge in [-0.25, -0.2) is 14.3 Å².